The molecule has 0 fully saturated rings. The van der Waals surface area contributed by atoms with E-state index in [1.54, 1.807) is 0 Å². The van der Waals surface area contributed by atoms with Crippen molar-refractivity contribution in [1.29, 1.82) is 0 Å². The average molecular weight is 442 g/mol. The van der Waals surface area contributed by atoms with Crippen LogP contribution in [0.4, 0.5) is 11.4 Å². The number of fused-ring (bicyclic) bond motifs is 2. The molecule has 3 N–H and O–H groups in total. The van der Waals surface area contributed by atoms with Gasteiger partial charge in [0.2, 0.25) is 5.91 Å². The fraction of sp³-hybridized carbons (Fsp3) is 0.125. The molecule has 0 radical (unpaired) electrons. The largest absolute Gasteiger partial charge is 0.383 e. The molecule has 6 heteroatoms. The molecular formula is C24H25Cl2N3O. The van der Waals surface area contributed by atoms with E-state index in [0.717, 1.165) is 22.1 Å². The van der Waals surface area contributed by atoms with Gasteiger partial charge < -0.3 is 16.0 Å². The van der Waals surface area contributed by atoms with Crippen LogP contribution in [0, 0.1) is 0 Å². The van der Waals surface area contributed by atoms with Gasteiger partial charge in [-0.25, -0.2) is 0 Å². The highest BCUT2D eigenvalue weighted by Gasteiger charge is 2.04. The number of hydrogen-bond donors (Lipinski definition) is 3. The second kappa shape index (κ2) is 11.3. The summed E-state index contributed by atoms with van der Waals surface area (Å²) in [4.78, 5) is 12.2. The average Bonchev–Trinajstić information content (AvgIpc) is 2.75. The lowest BCUT2D eigenvalue weighted by atomic mass is 10.1. The molecule has 1 amide bonds. The molecule has 0 heterocycles. The SMILES string of the molecule is Cl.Cl.O=C(CNc1cccc2ccccc12)NCCNc1cccc2ccccc12. The van der Waals surface area contributed by atoms with Crippen LogP contribution in [-0.4, -0.2) is 25.5 Å². The smallest absolute Gasteiger partial charge is 0.239 e. The first-order chi connectivity index (χ1) is 13.8. The van der Waals surface area contributed by atoms with Crippen molar-refractivity contribution in [2.75, 3.05) is 30.3 Å². The Hall–Kier alpha value is -2.95. The molecule has 0 bridgehead atoms. The van der Waals surface area contributed by atoms with E-state index in [0.29, 0.717) is 13.1 Å². The Labute approximate surface area is 188 Å². The van der Waals surface area contributed by atoms with Crippen LogP contribution < -0.4 is 16.0 Å². The minimum atomic E-state index is -0.0207. The van der Waals surface area contributed by atoms with Gasteiger partial charge in [-0.2, -0.15) is 0 Å². The van der Waals surface area contributed by atoms with Crippen molar-refractivity contribution >= 4 is 63.6 Å². The summed E-state index contributed by atoms with van der Waals surface area (Å²) in [6.45, 7) is 1.50. The Morgan fingerprint density at radius 3 is 1.70 bits per heavy atom. The number of carbonyl (C=O) groups is 1. The molecule has 0 aliphatic carbocycles. The lowest BCUT2D eigenvalue weighted by Gasteiger charge is -2.12. The molecule has 0 atom stereocenters. The van der Waals surface area contributed by atoms with Crippen LogP contribution in [-0.2, 0) is 4.79 Å². The molecular weight excluding hydrogens is 417 g/mol. The number of halogens is 2. The van der Waals surface area contributed by atoms with Crippen molar-refractivity contribution in [3.63, 3.8) is 0 Å². The standard InChI is InChI=1S/C24H23N3O.2ClH/c28-24(17-27-23-14-6-10-19-8-2-4-12-21(19)23)26-16-15-25-22-13-5-9-18-7-1-3-11-20(18)22;;/h1-14,25,27H,15-17H2,(H,26,28);2*1H. The molecule has 0 spiro atoms. The van der Waals surface area contributed by atoms with Gasteiger partial charge in [0.1, 0.15) is 0 Å². The minimum absolute atomic E-state index is 0. The third-order valence-electron chi connectivity index (χ3n) is 4.78. The summed E-state index contributed by atoms with van der Waals surface area (Å²) in [5.41, 5.74) is 2.06. The van der Waals surface area contributed by atoms with E-state index < -0.39 is 0 Å². The van der Waals surface area contributed by atoms with Crippen LogP contribution >= 0.6 is 24.8 Å². The highest BCUT2D eigenvalue weighted by atomic mass is 35.5. The number of carbonyl (C=O) groups excluding carboxylic acids is 1. The molecule has 4 aromatic rings. The second-order valence-electron chi connectivity index (χ2n) is 6.68. The van der Waals surface area contributed by atoms with E-state index in [2.05, 4.69) is 58.4 Å². The van der Waals surface area contributed by atoms with Crippen LogP contribution in [0.25, 0.3) is 21.5 Å². The predicted octanol–water partition coefficient (Wildman–Crippen LogP) is 5.48. The fourth-order valence-electron chi connectivity index (χ4n) is 3.40. The quantitative estimate of drug-likeness (QED) is 0.333. The molecule has 0 unspecified atom stereocenters. The van der Waals surface area contributed by atoms with Crippen molar-refractivity contribution in [2.24, 2.45) is 0 Å². The number of rotatable bonds is 7. The van der Waals surface area contributed by atoms with Gasteiger partial charge in [0, 0.05) is 35.2 Å². The second-order valence-corrected chi connectivity index (χ2v) is 6.68. The minimum Gasteiger partial charge on any atom is -0.383 e. The summed E-state index contributed by atoms with van der Waals surface area (Å²) in [6, 6.07) is 28.7. The molecule has 0 aromatic heterocycles. The normalized spacial score (nSPS) is 10.0. The van der Waals surface area contributed by atoms with Gasteiger partial charge in [0.25, 0.3) is 0 Å². The molecule has 0 aliphatic heterocycles. The van der Waals surface area contributed by atoms with Crippen LogP contribution in [0.2, 0.25) is 0 Å². The predicted molar refractivity (Wildman–Crippen MR) is 132 cm³/mol. The van der Waals surface area contributed by atoms with Crippen molar-refractivity contribution < 1.29 is 4.79 Å². The molecule has 0 saturated heterocycles. The Bertz CT molecular complexity index is 1110. The first-order valence-corrected chi connectivity index (χ1v) is 9.51. The molecule has 0 saturated carbocycles. The van der Waals surface area contributed by atoms with Crippen molar-refractivity contribution in [2.45, 2.75) is 0 Å². The van der Waals surface area contributed by atoms with Gasteiger partial charge in [0.15, 0.2) is 0 Å². The van der Waals surface area contributed by atoms with Crippen molar-refractivity contribution in [3.8, 4) is 0 Å². The molecule has 4 nitrogen and oxygen atoms in total. The number of nitrogens with one attached hydrogen (secondary N) is 3. The van der Waals surface area contributed by atoms with E-state index in [-0.39, 0.29) is 37.3 Å². The van der Waals surface area contributed by atoms with Crippen molar-refractivity contribution in [1.82, 2.24) is 5.32 Å². The Morgan fingerprint density at radius 1 is 0.600 bits per heavy atom. The molecule has 156 valence electrons. The zero-order chi connectivity index (χ0) is 19.2. The highest BCUT2D eigenvalue weighted by molar-refractivity contribution is 5.95. The van der Waals surface area contributed by atoms with Gasteiger partial charge in [-0.1, -0.05) is 72.8 Å². The van der Waals surface area contributed by atoms with Gasteiger partial charge in [-0.3, -0.25) is 4.79 Å². The third kappa shape index (κ3) is 5.56. The number of benzene rings is 4. The summed E-state index contributed by atoms with van der Waals surface area (Å²) >= 11 is 0. The van der Waals surface area contributed by atoms with Crippen LogP contribution in [0.5, 0.6) is 0 Å². The molecule has 4 rings (SSSR count). The van der Waals surface area contributed by atoms with E-state index in [1.807, 2.05) is 42.5 Å². The van der Waals surface area contributed by atoms with E-state index in [9.17, 15) is 4.79 Å². The maximum absolute atomic E-state index is 12.2. The lowest BCUT2D eigenvalue weighted by Crippen LogP contribution is -2.33. The summed E-state index contributed by atoms with van der Waals surface area (Å²) in [5, 5.41) is 14.3. The van der Waals surface area contributed by atoms with Gasteiger partial charge >= 0.3 is 0 Å². The summed E-state index contributed by atoms with van der Waals surface area (Å²) < 4.78 is 0. The van der Waals surface area contributed by atoms with Crippen LogP contribution in [0.1, 0.15) is 0 Å². The maximum atomic E-state index is 12.2. The number of anilines is 2. The monoisotopic (exact) mass is 441 g/mol. The zero-order valence-corrected chi connectivity index (χ0v) is 18.1. The fourth-order valence-corrected chi connectivity index (χ4v) is 3.40. The summed E-state index contributed by atoms with van der Waals surface area (Å²) in [6.07, 6.45) is 0. The van der Waals surface area contributed by atoms with E-state index in [4.69, 9.17) is 0 Å². The Balaban J connectivity index is 0.00000160. The van der Waals surface area contributed by atoms with Gasteiger partial charge in [-0.15, -0.1) is 24.8 Å². The van der Waals surface area contributed by atoms with E-state index >= 15 is 0 Å². The van der Waals surface area contributed by atoms with Crippen LogP contribution in [0.3, 0.4) is 0 Å². The number of hydrogen-bond acceptors (Lipinski definition) is 3. The number of amides is 1. The summed E-state index contributed by atoms with van der Waals surface area (Å²) in [7, 11) is 0. The molecule has 30 heavy (non-hydrogen) atoms. The van der Waals surface area contributed by atoms with Gasteiger partial charge in [0.05, 0.1) is 6.54 Å². The first-order valence-electron chi connectivity index (χ1n) is 9.51. The maximum Gasteiger partial charge on any atom is 0.239 e. The van der Waals surface area contributed by atoms with Crippen molar-refractivity contribution in [3.05, 3.63) is 84.9 Å². The van der Waals surface area contributed by atoms with Gasteiger partial charge in [-0.05, 0) is 22.9 Å². The topological polar surface area (TPSA) is 53.2 Å². The Kier molecular flexibility index (Phi) is 8.78. The molecule has 0 aliphatic rings. The first kappa shape index (κ1) is 23.3. The van der Waals surface area contributed by atoms with Crippen LogP contribution in [0.15, 0.2) is 84.9 Å². The Morgan fingerprint density at radius 2 is 1.10 bits per heavy atom. The molecule has 4 aromatic carbocycles. The summed E-state index contributed by atoms with van der Waals surface area (Å²) in [5.74, 6) is -0.0207. The van der Waals surface area contributed by atoms with E-state index in [1.165, 1.54) is 10.8 Å². The third-order valence-corrected chi connectivity index (χ3v) is 4.78. The zero-order valence-electron chi connectivity index (χ0n) is 16.4. The lowest BCUT2D eigenvalue weighted by molar-refractivity contribution is -0.119. The highest BCUT2D eigenvalue weighted by Crippen LogP contribution is 2.23.